The van der Waals surface area contributed by atoms with E-state index in [1.54, 1.807) is 23.4 Å². The van der Waals surface area contributed by atoms with E-state index >= 15 is 0 Å². The van der Waals surface area contributed by atoms with Gasteiger partial charge in [-0.2, -0.15) is 5.10 Å². The molecule has 0 fully saturated rings. The molecule has 3 rings (SSSR count). The highest BCUT2D eigenvalue weighted by atomic mass is 35.5. The van der Waals surface area contributed by atoms with Gasteiger partial charge in [-0.3, -0.25) is 10.1 Å². The van der Waals surface area contributed by atoms with Crippen molar-refractivity contribution < 1.29 is 9.34 Å². The van der Waals surface area contributed by atoms with Crippen LogP contribution in [0.1, 0.15) is 18.2 Å². The summed E-state index contributed by atoms with van der Waals surface area (Å²) >= 11 is 11.9. The third-order valence-electron chi connectivity index (χ3n) is 2.96. The van der Waals surface area contributed by atoms with E-state index < -0.39 is 4.92 Å². The highest BCUT2D eigenvalue weighted by Gasteiger charge is 2.30. The number of pyridine rings is 1. The highest BCUT2D eigenvalue weighted by molar-refractivity contribution is 6.36. The number of nitrogens with zero attached hydrogens (tertiary/aromatic N) is 4. The highest BCUT2D eigenvalue weighted by Crippen LogP contribution is 2.37. The SMILES string of the molecule is O=[N+]([O-])c1ccc(C2CC=NN2c2ncc(Cl)cc2Cl)o1. The van der Waals surface area contributed by atoms with Crippen LogP contribution in [0.3, 0.4) is 0 Å². The number of hydrazone groups is 1. The molecule has 1 unspecified atom stereocenters. The zero-order chi connectivity index (χ0) is 15.0. The summed E-state index contributed by atoms with van der Waals surface area (Å²) in [5.74, 6) is 0.526. The number of halogens is 2. The predicted octanol–water partition coefficient (Wildman–Crippen LogP) is 3.83. The second-order valence-corrected chi connectivity index (χ2v) is 5.13. The van der Waals surface area contributed by atoms with E-state index in [-0.39, 0.29) is 11.9 Å². The van der Waals surface area contributed by atoms with Crippen LogP contribution >= 0.6 is 23.2 Å². The van der Waals surface area contributed by atoms with E-state index in [4.69, 9.17) is 27.6 Å². The van der Waals surface area contributed by atoms with Crippen molar-refractivity contribution in [2.45, 2.75) is 12.5 Å². The van der Waals surface area contributed by atoms with Gasteiger partial charge in [0, 0.05) is 18.8 Å². The summed E-state index contributed by atoms with van der Waals surface area (Å²) in [5.41, 5.74) is 0. The van der Waals surface area contributed by atoms with Crippen LogP contribution < -0.4 is 5.01 Å². The fourth-order valence-corrected chi connectivity index (χ4v) is 2.52. The Hall–Kier alpha value is -2.12. The van der Waals surface area contributed by atoms with Crippen molar-refractivity contribution in [3.8, 4) is 0 Å². The average Bonchev–Trinajstić information content (AvgIpc) is 3.06. The molecule has 0 radical (unpaired) electrons. The summed E-state index contributed by atoms with van der Waals surface area (Å²) in [4.78, 5) is 14.3. The second kappa shape index (κ2) is 5.34. The van der Waals surface area contributed by atoms with Gasteiger partial charge in [-0.1, -0.05) is 23.2 Å². The Kier molecular flexibility index (Phi) is 3.52. The van der Waals surface area contributed by atoms with Crippen LogP contribution in [0.5, 0.6) is 0 Å². The average molecular weight is 327 g/mol. The number of anilines is 1. The van der Waals surface area contributed by atoms with Gasteiger partial charge >= 0.3 is 5.88 Å². The van der Waals surface area contributed by atoms with Gasteiger partial charge in [0.2, 0.25) is 0 Å². The van der Waals surface area contributed by atoms with Gasteiger partial charge in [-0.15, -0.1) is 0 Å². The van der Waals surface area contributed by atoms with Crippen LogP contribution in [-0.2, 0) is 0 Å². The fraction of sp³-hybridized carbons (Fsp3) is 0.167. The Balaban J connectivity index is 1.94. The van der Waals surface area contributed by atoms with E-state index in [1.165, 1.54) is 12.3 Å². The number of furan rings is 1. The lowest BCUT2D eigenvalue weighted by atomic mass is 10.2. The molecular formula is C12H8Cl2N4O3. The zero-order valence-corrected chi connectivity index (χ0v) is 12.0. The van der Waals surface area contributed by atoms with Gasteiger partial charge in [-0.25, -0.2) is 9.99 Å². The first-order valence-corrected chi connectivity index (χ1v) is 6.68. The van der Waals surface area contributed by atoms with E-state index in [1.807, 2.05) is 0 Å². The van der Waals surface area contributed by atoms with Gasteiger partial charge in [0.25, 0.3) is 0 Å². The van der Waals surface area contributed by atoms with Crippen LogP contribution in [0, 0.1) is 10.1 Å². The van der Waals surface area contributed by atoms with Crippen molar-refractivity contribution in [1.82, 2.24) is 4.98 Å². The monoisotopic (exact) mass is 326 g/mol. The molecule has 0 aliphatic carbocycles. The van der Waals surface area contributed by atoms with Crippen molar-refractivity contribution in [2.75, 3.05) is 5.01 Å². The molecule has 2 aromatic rings. The molecule has 1 aliphatic rings. The summed E-state index contributed by atoms with van der Waals surface area (Å²) in [7, 11) is 0. The van der Waals surface area contributed by atoms with Crippen molar-refractivity contribution in [3.63, 3.8) is 0 Å². The normalized spacial score (nSPS) is 17.4. The van der Waals surface area contributed by atoms with Gasteiger partial charge in [-0.05, 0) is 12.1 Å². The van der Waals surface area contributed by atoms with Crippen molar-refractivity contribution >= 4 is 41.1 Å². The van der Waals surface area contributed by atoms with Crippen LogP contribution in [0.25, 0.3) is 0 Å². The molecule has 1 aliphatic heterocycles. The number of rotatable bonds is 3. The second-order valence-electron chi connectivity index (χ2n) is 4.29. The fourth-order valence-electron chi connectivity index (χ4n) is 2.05. The Morgan fingerprint density at radius 3 is 2.90 bits per heavy atom. The van der Waals surface area contributed by atoms with Crippen molar-refractivity contribution in [3.05, 3.63) is 50.3 Å². The van der Waals surface area contributed by atoms with E-state index in [0.29, 0.717) is 28.0 Å². The Bertz CT molecular complexity index is 731. The Morgan fingerprint density at radius 1 is 1.43 bits per heavy atom. The standard InChI is InChI=1S/C12H8Cl2N4O3/c13-7-5-8(14)12(15-6-7)17-9(3-4-16-17)10-1-2-11(21-10)18(19)20/h1-2,4-6,9H,3H2. The lowest BCUT2D eigenvalue weighted by Gasteiger charge is -2.21. The molecule has 21 heavy (non-hydrogen) atoms. The molecule has 0 spiro atoms. The van der Waals surface area contributed by atoms with Crippen LogP contribution in [0.15, 0.2) is 33.9 Å². The van der Waals surface area contributed by atoms with Gasteiger partial charge < -0.3 is 4.42 Å². The largest absolute Gasteiger partial charge is 0.433 e. The third kappa shape index (κ3) is 2.57. The molecule has 0 saturated heterocycles. The third-order valence-corrected chi connectivity index (χ3v) is 3.44. The van der Waals surface area contributed by atoms with E-state index in [9.17, 15) is 10.1 Å². The maximum absolute atomic E-state index is 10.7. The minimum Gasteiger partial charge on any atom is -0.404 e. The van der Waals surface area contributed by atoms with Gasteiger partial charge in [0.1, 0.15) is 16.7 Å². The Labute approximate surface area is 128 Å². The molecule has 0 amide bonds. The maximum atomic E-state index is 10.7. The minimum absolute atomic E-state index is 0.313. The molecule has 7 nitrogen and oxygen atoms in total. The molecule has 3 heterocycles. The first-order valence-electron chi connectivity index (χ1n) is 5.93. The topological polar surface area (TPSA) is 84.8 Å². The smallest absolute Gasteiger partial charge is 0.404 e. The summed E-state index contributed by atoms with van der Waals surface area (Å²) < 4.78 is 5.23. The molecule has 0 bridgehead atoms. The number of nitro groups is 1. The van der Waals surface area contributed by atoms with Crippen LogP contribution in [0.4, 0.5) is 11.7 Å². The number of aromatic nitrogens is 1. The Morgan fingerprint density at radius 2 is 2.24 bits per heavy atom. The maximum Gasteiger partial charge on any atom is 0.433 e. The first-order chi connectivity index (χ1) is 10.1. The quantitative estimate of drug-likeness (QED) is 0.632. The van der Waals surface area contributed by atoms with Crippen LogP contribution in [-0.4, -0.2) is 16.1 Å². The minimum atomic E-state index is -0.586. The van der Waals surface area contributed by atoms with Gasteiger partial charge in [0.05, 0.1) is 16.1 Å². The predicted molar refractivity (Wildman–Crippen MR) is 77.9 cm³/mol. The molecular weight excluding hydrogens is 319 g/mol. The lowest BCUT2D eigenvalue weighted by molar-refractivity contribution is -0.402. The molecule has 0 saturated carbocycles. The van der Waals surface area contributed by atoms with E-state index in [0.717, 1.165) is 0 Å². The molecule has 0 aromatic carbocycles. The van der Waals surface area contributed by atoms with Gasteiger partial charge in [0.15, 0.2) is 5.82 Å². The summed E-state index contributed by atoms with van der Waals surface area (Å²) in [5, 5.41) is 17.2. The molecule has 2 aromatic heterocycles. The zero-order valence-electron chi connectivity index (χ0n) is 10.4. The first kappa shape index (κ1) is 13.8. The van der Waals surface area contributed by atoms with Crippen molar-refractivity contribution in [2.24, 2.45) is 5.10 Å². The summed E-state index contributed by atoms with van der Waals surface area (Å²) in [6.45, 7) is 0. The van der Waals surface area contributed by atoms with Crippen molar-refractivity contribution in [1.29, 1.82) is 0 Å². The van der Waals surface area contributed by atoms with E-state index in [2.05, 4.69) is 10.1 Å². The molecule has 9 heteroatoms. The summed E-state index contributed by atoms with van der Waals surface area (Å²) in [6, 6.07) is 4.09. The molecule has 108 valence electrons. The number of hydrogen-bond acceptors (Lipinski definition) is 6. The molecule has 0 N–H and O–H groups in total. The summed E-state index contributed by atoms with van der Waals surface area (Å²) in [6.07, 6.45) is 3.66. The lowest BCUT2D eigenvalue weighted by Crippen LogP contribution is -2.19. The molecule has 1 atom stereocenters. The van der Waals surface area contributed by atoms with Crippen LogP contribution in [0.2, 0.25) is 10.0 Å². The number of hydrogen-bond donors (Lipinski definition) is 0.